The molecule has 0 aromatic carbocycles. The van der Waals surface area contributed by atoms with Crippen molar-refractivity contribution >= 4 is 16.4 Å². The molecule has 0 aliphatic heterocycles. The summed E-state index contributed by atoms with van der Waals surface area (Å²) < 4.78 is 6.08. The maximum absolute atomic E-state index is 6.08. The van der Waals surface area contributed by atoms with Crippen molar-refractivity contribution in [3.8, 4) is 0 Å². The van der Waals surface area contributed by atoms with Gasteiger partial charge in [-0.05, 0) is 25.7 Å². The van der Waals surface area contributed by atoms with Gasteiger partial charge in [-0.15, -0.1) is 16.8 Å². The normalized spacial score (nSPS) is 16.7. The van der Waals surface area contributed by atoms with Gasteiger partial charge >= 0.3 is 26.2 Å². The Morgan fingerprint density at radius 3 is 2.22 bits per heavy atom. The molecule has 6 heteroatoms. The van der Waals surface area contributed by atoms with Gasteiger partial charge in [-0.3, -0.25) is 0 Å². The zero-order valence-corrected chi connectivity index (χ0v) is 20.8. The van der Waals surface area contributed by atoms with Crippen LogP contribution in [0.1, 0.15) is 12.8 Å². The summed E-state index contributed by atoms with van der Waals surface area (Å²) in [6.07, 6.45) is 14.7. The van der Waals surface area contributed by atoms with Gasteiger partial charge in [-0.2, -0.15) is 17.7 Å². The fourth-order valence-electron chi connectivity index (χ4n) is 2.75. The van der Waals surface area contributed by atoms with Crippen molar-refractivity contribution in [1.82, 2.24) is 0 Å². The number of allylic oxidation sites excluding steroid dienone is 8. The van der Waals surface area contributed by atoms with Gasteiger partial charge in [0.1, 0.15) is 0 Å². The average Bonchev–Trinajstić information content (AvgIpc) is 2.98. The zero-order chi connectivity index (χ0) is 14.8. The Balaban J connectivity index is 0. The quantitative estimate of drug-likeness (QED) is 0.363. The summed E-state index contributed by atoms with van der Waals surface area (Å²) in [6.45, 7) is 12.7. The van der Waals surface area contributed by atoms with Gasteiger partial charge in [0.05, 0.1) is 8.07 Å². The molecule has 0 aromatic rings. The SMILES string of the molecule is C[Si](C)(C)OCC[Si](C)(C)C1=C(C2=[C-]CC=C2)CC=C1.[Cl-].[Cl-].[Zr+3]. The van der Waals surface area contributed by atoms with E-state index in [0.29, 0.717) is 0 Å². The smallest absolute Gasteiger partial charge is 1.00 e. The molecule has 0 saturated heterocycles. The topological polar surface area (TPSA) is 9.23 Å². The van der Waals surface area contributed by atoms with Gasteiger partial charge in [0.25, 0.3) is 0 Å². The minimum atomic E-state index is -1.41. The Kier molecular flexibility index (Phi) is 12.2. The molecule has 2 aliphatic rings. The van der Waals surface area contributed by atoms with Gasteiger partial charge in [-0.1, -0.05) is 38.1 Å². The van der Waals surface area contributed by atoms with Gasteiger partial charge in [0, 0.05) is 6.61 Å². The zero-order valence-electron chi connectivity index (χ0n) is 14.8. The molecule has 0 aromatic heterocycles. The Hall–Kier alpha value is 0.817. The third-order valence-electron chi connectivity index (χ3n) is 3.94. The van der Waals surface area contributed by atoms with Gasteiger partial charge in [0.2, 0.25) is 0 Å². The molecule has 127 valence electrons. The molecule has 0 unspecified atom stereocenters. The van der Waals surface area contributed by atoms with Crippen LogP contribution in [0.25, 0.3) is 0 Å². The molecule has 0 N–H and O–H groups in total. The van der Waals surface area contributed by atoms with Crippen LogP contribution < -0.4 is 24.8 Å². The molecule has 0 spiro atoms. The van der Waals surface area contributed by atoms with E-state index in [4.69, 9.17) is 4.43 Å². The second-order valence-electron chi connectivity index (χ2n) is 7.29. The number of halogens is 2. The van der Waals surface area contributed by atoms with E-state index < -0.39 is 16.4 Å². The second-order valence-corrected chi connectivity index (χ2v) is 16.6. The molecule has 2 aliphatic carbocycles. The minimum absolute atomic E-state index is 0. The van der Waals surface area contributed by atoms with Crippen LogP contribution in [0.4, 0.5) is 0 Å². The van der Waals surface area contributed by atoms with Crippen molar-refractivity contribution in [3.05, 3.63) is 46.7 Å². The molecule has 1 nitrogen and oxygen atoms in total. The predicted molar refractivity (Wildman–Crippen MR) is 92.9 cm³/mol. The van der Waals surface area contributed by atoms with Crippen molar-refractivity contribution in [3.63, 3.8) is 0 Å². The van der Waals surface area contributed by atoms with Crippen LogP contribution in [0, 0.1) is 6.08 Å². The molecule has 0 bridgehead atoms. The molecule has 2 rings (SSSR count). The van der Waals surface area contributed by atoms with E-state index in [1.54, 1.807) is 5.20 Å². The Bertz CT molecular complexity index is 503. The summed E-state index contributed by atoms with van der Waals surface area (Å²) >= 11 is 0. The fourth-order valence-corrected chi connectivity index (χ4v) is 6.18. The number of hydrogen-bond acceptors (Lipinski definition) is 1. The molecule has 0 amide bonds. The Morgan fingerprint density at radius 2 is 1.70 bits per heavy atom. The van der Waals surface area contributed by atoms with Crippen LogP contribution in [0.2, 0.25) is 38.8 Å². The van der Waals surface area contributed by atoms with E-state index in [1.807, 2.05) is 0 Å². The first kappa shape index (κ1) is 26.1. The summed E-state index contributed by atoms with van der Waals surface area (Å²) in [6, 6.07) is 1.22. The van der Waals surface area contributed by atoms with Crippen LogP contribution in [0.15, 0.2) is 40.6 Å². The van der Waals surface area contributed by atoms with Crippen LogP contribution in [0.3, 0.4) is 0 Å². The van der Waals surface area contributed by atoms with Crippen molar-refractivity contribution in [2.24, 2.45) is 0 Å². The van der Waals surface area contributed by atoms with Crippen LogP contribution >= 0.6 is 0 Å². The predicted octanol–water partition coefficient (Wildman–Crippen LogP) is -0.963. The second kappa shape index (κ2) is 10.7. The monoisotopic (exact) mass is 463 g/mol. The minimum Gasteiger partial charge on any atom is -1.00 e. The van der Waals surface area contributed by atoms with Crippen molar-refractivity contribution in [1.29, 1.82) is 0 Å². The van der Waals surface area contributed by atoms with E-state index in [0.717, 1.165) is 19.4 Å². The molecule has 0 fully saturated rings. The first-order valence-electron chi connectivity index (χ1n) is 7.61. The van der Waals surface area contributed by atoms with Crippen molar-refractivity contribution < 1.29 is 55.4 Å². The van der Waals surface area contributed by atoms with E-state index >= 15 is 0 Å². The molecule has 0 heterocycles. The van der Waals surface area contributed by atoms with Gasteiger partial charge < -0.3 is 29.2 Å². The number of hydrogen-bond donors (Lipinski definition) is 0. The number of rotatable bonds is 6. The van der Waals surface area contributed by atoms with Crippen molar-refractivity contribution in [2.45, 2.75) is 51.6 Å². The molecule has 0 saturated carbocycles. The van der Waals surface area contributed by atoms with Gasteiger partial charge in [-0.25, -0.2) is 0 Å². The summed E-state index contributed by atoms with van der Waals surface area (Å²) in [7, 11) is -2.78. The summed E-state index contributed by atoms with van der Waals surface area (Å²) in [5, 5.41) is 1.62. The van der Waals surface area contributed by atoms with E-state index in [-0.39, 0.29) is 51.0 Å². The van der Waals surface area contributed by atoms with Gasteiger partial charge in [0.15, 0.2) is 8.32 Å². The first-order chi connectivity index (χ1) is 9.30. The maximum Gasteiger partial charge on any atom is 3.00 e. The third-order valence-corrected chi connectivity index (χ3v) is 8.39. The van der Waals surface area contributed by atoms with Crippen LogP contribution in [-0.2, 0) is 30.6 Å². The maximum atomic E-state index is 6.08. The molecule has 1 radical (unpaired) electrons. The molecular weight excluding hydrogens is 438 g/mol. The molecule has 0 atom stereocenters. The summed E-state index contributed by atoms with van der Waals surface area (Å²) in [5.74, 6) is 0. The summed E-state index contributed by atoms with van der Waals surface area (Å²) in [5.41, 5.74) is 2.88. The fraction of sp³-hybridized carbons (Fsp3) is 0.529. The van der Waals surface area contributed by atoms with E-state index in [9.17, 15) is 0 Å². The third kappa shape index (κ3) is 7.71. The summed E-state index contributed by atoms with van der Waals surface area (Å²) in [4.78, 5) is 0. The standard InChI is InChI=1S/C17H27OSi2.2ClH.Zr/c1-19(2,3)18-13-14-20(4,5)17-12-8-11-16(17)15-9-6-7-10-15;;;/h6,8-9,12H,7,11,13-14H2,1-5H3;2*1H;/q-1;;;+3/p-2. The van der Waals surface area contributed by atoms with Crippen LogP contribution in [-0.4, -0.2) is 23.0 Å². The van der Waals surface area contributed by atoms with Crippen molar-refractivity contribution in [2.75, 3.05) is 6.61 Å². The van der Waals surface area contributed by atoms with E-state index in [1.165, 1.54) is 17.2 Å². The Labute approximate surface area is 175 Å². The van der Waals surface area contributed by atoms with E-state index in [2.05, 4.69) is 63.1 Å². The Morgan fingerprint density at radius 1 is 1.04 bits per heavy atom. The largest absolute Gasteiger partial charge is 3.00 e. The molecular formula is C17H27Cl2OSi2Zr. The average molecular weight is 466 g/mol. The van der Waals surface area contributed by atoms with Crippen LogP contribution in [0.5, 0.6) is 0 Å². The molecule has 23 heavy (non-hydrogen) atoms. The first-order valence-corrected chi connectivity index (χ1v) is 14.2.